The summed E-state index contributed by atoms with van der Waals surface area (Å²) in [6, 6.07) is 19.3. The van der Waals surface area contributed by atoms with Crippen LogP contribution in [0, 0.1) is 0 Å². The fraction of sp³-hybridized carbons (Fsp3) is 0.600. The standard InChI is InChI=1S/C30H45N3/c1-29(2,3)24-10-14-27(15-11-24)33-21-20-31(6)28(23-33)22-30(4,5)25-12-16-26(17-13-25)32-18-8-7-9-19-32/h10-17,28H,7-9,18-23H2,1-6H3. The van der Waals surface area contributed by atoms with Crippen molar-refractivity contribution in [2.45, 2.75) is 77.2 Å². The molecule has 2 saturated heterocycles. The van der Waals surface area contributed by atoms with Crippen molar-refractivity contribution in [3.05, 3.63) is 59.7 Å². The summed E-state index contributed by atoms with van der Waals surface area (Å²) < 4.78 is 0. The van der Waals surface area contributed by atoms with Crippen molar-refractivity contribution in [3.63, 3.8) is 0 Å². The molecule has 2 aliphatic heterocycles. The van der Waals surface area contributed by atoms with Gasteiger partial charge in [0.05, 0.1) is 0 Å². The largest absolute Gasteiger partial charge is 0.372 e. The van der Waals surface area contributed by atoms with E-state index < -0.39 is 0 Å². The lowest BCUT2D eigenvalue weighted by atomic mass is 9.78. The molecule has 3 nitrogen and oxygen atoms in total. The number of benzene rings is 2. The summed E-state index contributed by atoms with van der Waals surface area (Å²) in [6.45, 7) is 17.5. The minimum absolute atomic E-state index is 0.151. The van der Waals surface area contributed by atoms with Crippen LogP contribution in [-0.2, 0) is 10.8 Å². The molecule has 0 N–H and O–H groups in total. The fourth-order valence-electron chi connectivity index (χ4n) is 5.56. The second-order valence-corrected chi connectivity index (χ2v) is 12.1. The Labute approximate surface area is 202 Å². The smallest absolute Gasteiger partial charge is 0.0367 e. The number of likely N-dealkylation sites (N-methyl/N-ethyl adjacent to an activating group) is 1. The molecule has 180 valence electrons. The number of anilines is 2. The van der Waals surface area contributed by atoms with Crippen LogP contribution in [0.25, 0.3) is 0 Å². The zero-order valence-corrected chi connectivity index (χ0v) is 21.9. The minimum Gasteiger partial charge on any atom is -0.372 e. The van der Waals surface area contributed by atoms with Gasteiger partial charge in [-0.2, -0.15) is 0 Å². The molecule has 0 aliphatic carbocycles. The lowest BCUT2D eigenvalue weighted by Gasteiger charge is -2.44. The summed E-state index contributed by atoms with van der Waals surface area (Å²) in [5.41, 5.74) is 5.99. The molecule has 0 spiro atoms. The molecule has 1 atom stereocenters. The molecule has 0 aromatic heterocycles. The highest BCUT2D eigenvalue weighted by Gasteiger charge is 2.32. The first-order valence-corrected chi connectivity index (χ1v) is 13.0. The van der Waals surface area contributed by atoms with Gasteiger partial charge in [0, 0.05) is 50.1 Å². The number of piperidine rings is 1. The molecule has 33 heavy (non-hydrogen) atoms. The average Bonchev–Trinajstić information content (AvgIpc) is 2.80. The normalized spacial score (nSPS) is 20.8. The van der Waals surface area contributed by atoms with Crippen molar-refractivity contribution in [2.24, 2.45) is 0 Å². The maximum atomic E-state index is 2.59. The van der Waals surface area contributed by atoms with E-state index in [9.17, 15) is 0 Å². The van der Waals surface area contributed by atoms with E-state index in [2.05, 4.69) is 105 Å². The SMILES string of the molecule is CN1CCN(c2ccc(C(C)(C)C)cc2)CC1CC(C)(C)c1ccc(N2CCCCC2)cc1. The Bertz CT molecular complexity index is 886. The topological polar surface area (TPSA) is 9.72 Å². The molecule has 1 unspecified atom stereocenters. The maximum absolute atomic E-state index is 2.59. The van der Waals surface area contributed by atoms with E-state index in [4.69, 9.17) is 0 Å². The molecule has 2 aromatic carbocycles. The van der Waals surface area contributed by atoms with Crippen molar-refractivity contribution in [1.29, 1.82) is 0 Å². The van der Waals surface area contributed by atoms with Crippen LogP contribution in [-0.4, -0.2) is 50.7 Å². The van der Waals surface area contributed by atoms with E-state index in [0.29, 0.717) is 6.04 Å². The highest BCUT2D eigenvalue weighted by atomic mass is 15.3. The summed E-state index contributed by atoms with van der Waals surface area (Å²) in [7, 11) is 2.31. The van der Waals surface area contributed by atoms with Crippen molar-refractivity contribution < 1.29 is 0 Å². The van der Waals surface area contributed by atoms with Crippen LogP contribution >= 0.6 is 0 Å². The number of rotatable bonds is 5. The van der Waals surface area contributed by atoms with Gasteiger partial charge in [0.2, 0.25) is 0 Å². The Kier molecular flexibility index (Phi) is 7.09. The Hall–Kier alpha value is -2.00. The fourth-order valence-corrected chi connectivity index (χ4v) is 5.56. The van der Waals surface area contributed by atoms with E-state index in [0.717, 1.165) is 19.6 Å². The summed E-state index contributed by atoms with van der Waals surface area (Å²) in [5.74, 6) is 0. The first-order chi connectivity index (χ1) is 15.6. The van der Waals surface area contributed by atoms with E-state index >= 15 is 0 Å². The lowest BCUT2D eigenvalue weighted by molar-refractivity contribution is 0.182. The number of hydrogen-bond donors (Lipinski definition) is 0. The molecule has 2 fully saturated rings. The van der Waals surface area contributed by atoms with E-state index in [1.165, 1.54) is 61.3 Å². The van der Waals surface area contributed by atoms with Gasteiger partial charge >= 0.3 is 0 Å². The van der Waals surface area contributed by atoms with Crippen LogP contribution in [0.2, 0.25) is 0 Å². The molecule has 0 amide bonds. The van der Waals surface area contributed by atoms with Gasteiger partial charge in [-0.25, -0.2) is 0 Å². The second-order valence-electron chi connectivity index (χ2n) is 12.1. The van der Waals surface area contributed by atoms with E-state index in [1.807, 2.05) is 0 Å². The average molecular weight is 448 g/mol. The number of hydrogen-bond acceptors (Lipinski definition) is 3. The van der Waals surface area contributed by atoms with Crippen molar-refractivity contribution in [1.82, 2.24) is 4.90 Å². The lowest BCUT2D eigenvalue weighted by Crippen LogP contribution is -2.53. The molecule has 2 aliphatic rings. The zero-order chi connectivity index (χ0) is 23.6. The van der Waals surface area contributed by atoms with Crippen LogP contribution in [0.4, 0.5) is 11.4 Å². The summed E-state index contributed by atoms with van der Waals surface area (Å²) in [4.78, 5) is 7.72. The predicted molar refractivity (Wildman–Crippen MR) is 144 cm³/mol. The van der Waals surface area contributed by atoms with E-state index in [-0.39, 0.29) is 10.8 Å². The number of piperazine rings is 1. The van der Waals surface area contributed by atoms with Gasteiger partial charge in [-0.15, -0.1) is 0 Å². The molecule has 4 rings (SSSR count). The monoisotopic (exact) mass is 447 g/mol. The van der Waals surface area contributed by atoms with Crippen molar-refractivity contribution in [3.8, 4) is 0 Å². The molecule has 0 bridgehead atoms. The van der Waals surface area contributed by atoms with Crippen LogP contribution in [0.3, 0.4) is 0 Å². The quantitative estimate of drug-likeness (QED) is 0.520. The van der Waals surface area contributed by atoms with Crippen LogP contribution in [0.15, 0.2) is 48.5 Å². The number of nitrogens with zero attached hydrogens (tertiary/aromatic N) is 3. The Morgan fingerprint density at radius 1 is 0.667 bits per heavy atom. The third-order valence-electron chi connectivity index (χ3n) is 7.99. The molecular weight excluding hydrogens is 402 g/mol. The Morgan fingerprint density at radius 2 is 1.21 bits per heavy atom. The van der Waals surface area contributed by atoms with Gasteiger partial charge in [0.15, 0.2) is 0 Å². The van der Waals surface area contributed by atoms with Gasteiger partial charge < -0.3 is 9.80 Å². The van der Waals surface area contributed by atoms with Gasteiger partial charge in [0.1, 0.15) is 0 Å². The summed E-state index contributed by atoms with van der Waals surface area (Å²) in [6.07, 6.45) is 5.21. The predicted octanol–water partition coefficient (Wildman–Crippen LogP) is 6.46. The highest BCUT2D eigenvalue weighted by molar-refractivity contribution is 5.50. The summed E-state index contributed by atoms with van der Waals surface area (Å²) >= 11 is 0. The minimum atomic E-state index is 0.151. The summed E-state index contributed by atoms with van der Waals surface area (Å²) in [5, 5.41) is 0. The first kappa shape index (κ1) is 24.1. The molecule has 0 saturated carbocycles. The maximum Gasteiger partial charge on any atom is 0.0367 e. The molecule has 2 aromatic rings. The van der Waals surface area contributed by atoms with Crippen LogP contribution in [0.5, 0.6) is 0 Å². The third kappa shape index (κ3) is 5.74. The van der Waals surface area contributed by atoms with Crippen molar-refractivity contribution >= 4 is 11.4 Å². The van der Waals surface area contributed by atoms with E-state index in [1.54, 1.807) is 0 Å². The van der Waals surface area contributed by atoms with Gasteiger partial charge in [0.25, 0.3) is 0 Å². The Balaban J connectivity index is 1.43. The second kappa shape index (κ2) is 9.70. The first-order valence-electron chi connectivity index (χ1n) is 13.0. The third-order valence-corrected chi connectivity index (χ3v) is 7.99. The van der Waals surface area contributed by atoms with Crippen LogP contribution < -0.4 is 9.80 Å². The van der Waals surface area contributed by atoms with Gasteiger partial charge in [-0.1, -0.05) is 58.9 Å². The van der Waals surface area contributed by atoms with Gasteiger partial charge in [-0.3, -0.25) is 4.90 Å². The zero-order valence-electron chi connectivity index (χ0n) is 21.9. The molecule has 0 radical (unpaired) electrons. The van der Waals surface area contributed by atoms with Crippen molar-refractivity contribution in [2.75, 3.05) is 49.6 Å². The Morgan fingerprint density at radius 3 is 1.79 bits per heavy atom. The molecule has 2 heterocycles. The highest BCUT2D eigenvalue weighted by Crippen LogP contribution is 2.34. The molecular formula is C30H45N3. The van der Waals surface area contributed by atoms with Crippen LogP contribution in [0.1, 0.15) is 71.4 Å². The van der Waals surface area contributed by atoms with Gasteiger partial charge in [-0.05, 0) is 79.0 Å². The molecule has 3 heteroatoms.